The Bertz CT molecular complexity index is 788. The molecule has 0 aliphatic heterocycles. The summed E-state index contributed by atoms with van der Waals surface area (Å²) in [6.45, 7) is 9.70. The van der Waals surface area contributed by atoms with E-state index in [0.29, 0.717) is 16.8 Å². The summed E-state index contributed by atoms with van der Waals surface area (Å²) in [5, 5.41) is 0.651. The molecule has 0 saturated heterocycles. The topological polar surface area (TPSA) is 38.4 Å². The first-order valence-corrected chi connectivity index (χ1v) is 8.06. The number of fused-ring (bicyclic) bond motifs is 1. The average Bonchev–Trinajstić information content (AvgIpc) is 2.95. The third-order valence-electron chi connectivity index (χ3n) is 4.10. The Morgan fingerprint density at radius 3 is 2.91 bits per heavy atom. The normalized spacial score (nSPS) is 17.7. The second-order valence-electron chi connectivity index (χ2n) is 5.79. The van der Waals surface area contributed by atoms with Crippen LogP contribution in [0, 0.1) is 5.92 Å². The first-order chi connectivity index (χ1) is 11.1. The molecule has 3 rings (SSSR count). The summed E-state index contributed by atoms with van der Waals surface area (Å²) in [5.74, 6) is 1.82. The van der Waals surface area contributed by atoms with Gasteiger partial charge in [-0.25, -0.2) is 4.98 Å². The molecule has 0 bridgehead atoms. The number of nitrogens with zero attached hydrogens (tertiary/aromatic N) is 2. The van der Waals surface area contributed by atoms with E-state index in [1.165, 1.54) is 0 Å². The quantitative estimate of drug-likeness (QED) is 0.719. The summed E-state index contributed by atoms with van der Waals surface area (Å²) in [7, 11) is 0. The van der Waals surface area contributed by atoms with Crippen molar-refractivity contribution in [1.82, 2.24) is 4.98 Å². The molecule has 0 saturated carbocycles. The maximum atomic E-state index is 6.24. The molecule has 4 heteroatoms. The minimum atomic E-state index is 0.296. The van der Waals surface area contributed by atoms with Crippen molar-refractivity contribution in [3.05, 3.63) is 65.7 Å². The van der Waals surface area contributed by atoms with Gasteiger partial charge in [-0.15, -0.1) is 0 Å². The molecule has 23 heavy (non-hydrogen) atoms. The molecule has 1 aliphatic carbocycles. The Kier molecular flexibility index (Phi) is 4.49. The zero-order chi connectivity index (χ0) is 16.4. The van der Waals surface area contributed by atoms with Crippen LogP contribution in [0.25, 0.3) is 11.5 Å². The lowest BCUT2D eigenvalue weighted by atomic mass is 9.84. The van der Waals surface area contributed by atoms with Gasteiger partial charge in [0.05, 0.1) is 16.3 Å². The molecule has 1 unspecified atom stereocenters. The number of benzene rings is 1. The standard InChI is InChI=1S/C19H19ClN2O/c1-4-21-18(12(2)3)13-9-10-16-17(11-13)23-19(22-16)14-7-5-6-8-15(14)20/h4-8,13H,1-2,9-11H2,3H3. The number of rotatable bonds is 4. The summed E-state index contributed by atoms with van der Waals surface area (Å²) in [6.07, 6.45) is 4.22. The van der Waals surface area contributed by atoms with Crippen LogP contribution in [0.3, 0.4) is 0 Å². The Balaban J connectivity index is 1.91. The SMILES string of the molecule is C=CN=C(C(=C)C)C1CCc2nc(-c3ccccc3Cl)oc2C1. The van der Waals surface area contributed by atoms with Gasteiger partial charge < -0.3 is 4.42 Å². The molecule has 1 atom stereocenters. The summed E-state index contributed by atoms with van der Waals surface area (Å²) in [5.41, 5.74) is 3.83. The molecule has 0 radical (unpaired) electrons. The molecule has 3 nitrogen and oxygen atoms in total. The van der Waals surface area contributed by atoms with Crippen molar-refractivity contribution >= 4 is 17.3 Å². The van der Waals surface area contributed by atoms with Crippen molar-refractivity contribution in [2.24, 2.45) is 10.9 Å². The molecule has 0 amide bonds. The van der Waals surface area contributed by atoms with Crippen molar-refractivity contribution in [2.75, 3.05) is 0 Å². The maximum absolute atomic E-state index is 6.24. The van der Waals surface area contributed by atoms with Gasteiger partial charge in [-0.1, -0.05) is 36.9 Å². The van der Waals surface area contributed by atoms with E-state index in [9.17, 15) is 0 Å². The fourth-order valence-electron chi connectivity index (χ4n) is 3.02. The number of aliphatic imine (C=N–C) groups is 1. The molecule has 1 aromatic carbocycles. The van der Waals surface area contributed by atoms with Gasteiger partial charge in [0.1, 0.15) is 5.76 Å². The molecule has 1 heterocycles. The van der Waals surface area contributed by atoms with Gasteiger partial charge in [0.25, 0.3) is 0 Å². The molecule has 118 valence electrons. The zero-order valence-corrected chi connectivity index (χ0v) is 13.9. The number of hydrogen-bond donors (Lipinski definition) is 0. The smallest absolute Gasteiger partial charge is 0.228 e. The molecule has 0 fully saturated rings. The number of aryl methyl sites for hydroxylation is 1. The van der Waals surface area contributed by atoms with Gasteiger partial charge in [0.15, 0.2) is 0 Å². The largest absolute Gasteiger partial charge is 0.441 e. The van der Waals surface area contributed by atoms with E-state index in [1.807, 2.05) is 31.2 Å². The monoisotopic (exact) mass is 326 g/mol. The highest BCUT2D eigenvalue weighted by atomic mass is 35.5. The van der Waals surface area contributed by atoms with E-state index < -0.39 is 0 Å². The first-order valence-electron chi connectivity index (χ1n) is 7.68. The van der Waals surface area contributed by atoms with Gasteiger partial charge in [0, 0.05) is 24.3 Å². The van der Waals surface area contributed by atoms with Crippen molar-refractivity contribution in [3.63, 3.8) is 0 Å². The molecule has 1 aromatic heterocycles. The second-order valence-corrected chi connectivity index (χ2v) is 6.19. The highest BCUT2D eigenvalue weighted by Gasteiger charge is 2.28. The second kappa shape index (κ2) is 6.55. The van der Waals surface area contributed by atoms with Gasteiger partial charge in [-0.3, -0.25) is 4.99 Å². The Morgan fingerprint density at radius 2 is 2.22 bits per heavy atom. The van der Waals surface area contributed by atoms with Crippen molar-refractivity contribution < 1.29 is 4.42 Å². The van der Waals surface area contributed by atoms with Crippen LogP contribution in [0.1, 0.15) is 24.8 Å². The number of oxazole rings is 1. The van der Waals surface area contributed by atoms with Crippen molar-refractivity contribution in [3.8, 4) is 11.5 Å². The Labute approximate surface area is 141 Å². The molecule has 1 aliphatic rings. The van der Waals surface area contributed by atoms with Gasteiger partial charge in [0.2, 0.25) is 5.89 Å². The van der Waals surface area contributed by atoms with Crippen LogP contribution in [0.2, 0.25) is 5.02 Å². The van der Waals surface area contributed by atoms with E-state index in [2.05, 4.69) is 23.1 Å². The molecule has 0 spiro atoms. The molecule has 0 N–H and O–H groups in total. The highest BCUT2D eigenvalue weighted by Crippen LogP contribution is 2.34. The average molecular weight is 327 g/mol. The van der Waals surface area contributed by atoms with E-state index in [1.54, 1.807) is 6.20 Å². The van der Waals surface area contributed by atoms with E-state index in [4.69, 9.17) is 16.0 Å². The van der Waals surface area contributed by atoms with Crippen LogP contribution in [-0.2, 0) is 12.8 Å². The van der Waals surface area contributed by atoms with Gasteiger partial charge in [-0.2, -0.15) is 0 Å². The van der Waals surface area contributed by atoms with Gasteiger partial charge >= 0.3 is 0 Å². The lowest BCUT2D eigenvalue weighted by Crippen LogP contribution is -2.22. The highest BCUT2D eigenvalue weighted by molar-refractivity contribution is 6.33. The maximum Gasteiger partial charge on any atom is 0.228 e. The van der Waals surface area contributed by atoms with E-state index in [-0.39, 0.29) is 0 Å². The molecular weight excluding hydrogens is 308 g/mol. The fourth-order valence-corrected chi connectivity index (χ4v) is 3.24. The van der Waals surface area contributed by atoms with Crippen LogP contribution in [-0.4, -0.2) is 10.7 Å². The minimum Gasteiger partial charge on any atom is -0.441 e. The number of hydrogen-bond acceptors (Lipinski definition) is 3. The third kappa shape index (κ3) is 3.15. The fraction of sp³-hybridized carbons (Fsp3) is 0.263. The predicted octanol–water partition coefficient (Wildman–Crippen LogP) is 5.26. The number of halogens is 1. The van der Waals surface area contributed by atoms with E-state index >= 15 is 0 Å². The summed E-state index contributed by atoms with van der Waals surface area (Å²) >= 11 is 6.24. The predicted molar refractivity (Wildman–Crippen MR) is 94.9 cm³/mol. The summed E-state index contributed by atoms with van der Waals surface area (Å²) in [4.78, 5) is 9.03. The van der Waals surface area contributed by atoms with Crippen LogP contribution in [0.4, 0.5) is 0 Å². The Hall–Kier alpha value is -2.13. The van der Waals surface area contributed by atoms with Crippen molar-refractivity contribution in [2.45, 2.75) is 26.2 Å². The van der Waals surface area contributed by atoms with Crippen molar-refractivity contribution in [1.29, 1.82) is 0 Å². The van der Waals surface area contributed by atoms with E-state index in [0.717, 1.165) is 47.6 Å². The van der Waals surface area contributed by atoms with Crippen LogP contribution in [0.5, 0.6) is 0 Å². The molecular formula is C19H19ClN2O. The van der Waals surface area contributed by atoms with Crippen LogP contribution >= 0.6 is 11.6 Å². The number of aromatic nitrogens is 1. The zero-order valence-electron chi connectivity index (χ0n) is 13.2. The number of allylic oxidation sites excluding steroid dienone is 1. The summed E-state index contributed by atoms with van der Waals surface area (Å²) < 4.78 is 6.01. The molecule has 2 aromatic rings. The summed E-state index contributed by atoms with van der Waals surface area (Å²) in [6, 6.07) is 7.60. The van der Waals surface area contributed by atoms with Gasteiger partial charge in [-0.05, 0) is 37.5 Å². The lowest BCUT2D eigenvalue weighted by molar-refractivity contribution is 0.456. The first kappa shape index (κ1) is 15.8. The third-order valence-corrected chi connectivity index (χ3v) is 4.43. The van der Waals surface area contributed by atoms with Crippen LogP contribution in [0.15, 0.2) is 58.6 Å². The van der Waals surface area contributed by atoms with Crippen LogP contribution < -0.4 is 0 Å². The lowest BCUT2D eigenvalue weighted by Gasteiger charge is -2.22. The Morgan fingerprint density at radius 1 is 1.43 bits per heavy atom. The minimum absolute atomic E-state index is 0.296.